The van der Waals surface area contributed by atoms with E-state index in [9.17, 15) is 15.3 Å². The third-order valence-corrected chi connectivity index (χ3v) is 12.8. The van der Waals surface area contributed by atoms with E-state index in [-0.39, 0.29) is 67.2 Å². The summed E-state index contributed by atoms with van der Waals surface area (Å²) >= 11 is 0. The molecule has 0 saturated heterocycles. The molecule has 0 spiro atoms. The van der Waals surface area contributed by atoms with Crippen LogP contribution < -0.4 is 17.1 Å². The van der Waals surface area contributed by atoms with E-state index in [1.165, 1.54) is 14.4 Å². The van der Waals surface area contributed by atoms with Gasteiger partial charge in [0.25, 0.3) is 0 Å². The number of phenolic OH excluding ortho intramolecular Hbond substituents is 3. The highest BCUT2D eigenvalue weighted by atomic mass is 16.3. The predicted octanol–water partition coefficient (Wildman–Crippen LogP) is 8.40. The van der Waals surface area contributed by atoms with Gasteiger partial charge in [-0.1, -0.05) is 117 Å². The van der Waals surface area contributed by atoms with Crippen molar-refractivity contribution in [2.75, 3.05) is 0 Å². The van der Waals surface area contributed by atoms with Crippen LogP contribution in [0.15, 0.2) is 124 Å². The van der Waals surface area contributed by atoms with Gasteiger partial charge in [-0.05, 0) is 107 Å². The Balaban J connectivity index is 1.18. The number of hydrogen-bond acceptors (Lipinski definition) is 12. The molecule has 384 valence electrons. The molecule has 6 aromatic carbocycles. The highest BCUT2D eigenvalue weighted by Gasteiger charge is 2.26. The Hall–Kier alpha value is -8.67. The van der Waals surface area contributed by atoms with Crippen molar-refractivity contribution in [3.8, 4) is 34.3 Å². The summed E-state index contributed by atoms with van der Waals surface area (Å²) in [6, 6.07) is 32.4. The molecule has 0 aliphatic rings. The van der Waals surface area contributed by atoms with Crippen LogP contribution in [0.1, 0.15) is 95.7 Å². The third kappa shape index (κ3) is 10.3. The molecule has 0 aliphatic carbocycles. The first-order valence-electron chi connectivity index (χ1n) is 24.9. The molecule has 0 radical (unpaired) electrons. The van der Waals surface area contributed by atoms with Gasteiger partial charge in [-0.3, -0.25) is 0 Å². The molecule has 0 fully saturated rings. The quantitative estimate of drug-likeness (QED) is 0.105. The minimum absolute atomic E-state index is 0.187. The standard InChI is InChI=1S/C57H60N12O6/c1-55(2,3)28-34-22-37(49(70)46(25-34)67-58-40-16-10-11-17-41(40)59-67)31-64-52(73)65(32-38-23-35(29-56(4,5)6)26-47(50(38)71)68-60-42-18-12-13-19-43(42)61-68)54(75)66(53(64)74)33-39-24-36(30-57(7,8)9)27-48(51(39)72)69-62-44-20-14-15-21-45(44)63-69/h10-27,70-72H,28-33H2,1-9H3. The van der Waals surface area contributed by atoms with Crippen molar-refractivity contribution in [3.05, 3.63) is 174 Å². The first-order valence-corrected chi connectivity index (χ1v) is 24.9. The molecule has 10 rings (SSSR count). The molecule has 18 nitrogen and oxygen atoms in total. The normalized spacial score (nSPS) is 12.4. The summed E-state index contributed by atoms with van der Waals surface area (Å²) in [7, 11) is 0. The maximum atomic E-state index is 15.2. The average molecular weight is 1010 g/mol. The zero-order valence-corrected chi connectivity index (χ0v) is 43.6. The predicted molar refractivity (Wildman–Crippen MR) is 288 cm³/mol. The maximum Gasteiger partial charge on any atom is 0.336 e. The van der Waals surface area contributed by atoms with Crippen molar-refractivity contribution in [3.63, 3.8) is 0 Å². The SMILES string of the molecule is CC(C)(C)Cc1cc(Cn2c(=O)n(Cc3cc(CC(C)(C)C)cc(-n4nc5ccccc5n4)c3O)c(=O)n(Cc3cc(CC(C)(C)C)cc(-n4nc5ccccc5n4)c3O)c2=O)c(O)c(-n2nc3ccccc3n2)c1. The number of hydrogen-bond donors (Lipinski definition) is 3. The maximum absolute atomic E-state index is 15.2. The molecule has 0 saturated carbocycles. The highest BCUT2D eigenvalue weighted by molar-refractivity contribution is 5.75. The van der Waals surface area contributed by atoms with Gasteiger partial charge in [0.1, 0.15) is 67.4 Å². The molecular formula is C57H60N12O6. The van der Waals surface area contributed by atoms with Crippen molar-refractivity contribution in [1.82, 2.24) is 58.7 Å². The molecule has 0 atom stereocenters. The van der Waals surface area contributed by atoms with Gasteiger partial charge in [-0.2, -0.15) is 0 Å². The summed E-state index contributed by atoms with van der Waals surface area (Å²) in [5.41, 5.74) is 3.41. The van der Waals surface area contributed by atoms with Crippen LogP contribution >= 0.6 is 0 Å². The van der Waals surface area contributed by atoms with E-state index in [4.69, 9.17) is 0 Å². The summed E-state index contributed by atoms with van der Waals surface area (Å²) in [5, 5.41) is 64.5. The molecular weight excluding hydrogens is 949 g/mol. The molecule has 10 aromatic rings. The Labute approximate surface area is 431 Å². The second kappa shape index (κ2) is 18.7. The summed E-state index contributed by atoms with van der Waals surface area (Å²) in [5.74, 6) is -0.844. The average Bonchev–Trinajstić information content (AvgIpc) is 4.09. The molecule has 75 heavy (non-hydrogen) atoms. The fourth-order valence-electron chi connectivity index (χ4n) is 9.69. The van der Waals surface area contributed by atoms with Gasteiger partial charge in [0.05, 0.1) is 19.6 Å². The van der Waals surface area contributed by atoms with Gasteiger partial charge in [0.15, 0.2) is 0 Å². The second-order valence-electron chi connectivity index (χ2n) is 23.1. The fourth-order valence-corrected chi connectivity index (χ4v) is 9.69. The van der Waals surface area contributed by atoms with E-state index in [1.54, 1.807) is 72.8 Å². The van der Waals surface area contributed by atoms with Crippen molar-refractivity contribution in [2.24, 2.45) is 16.2 Å². The van der Waals surface area contributed by atoms with E-state index in [0.717, 1.165) is 30.4 Å². The number of nitrogens with zero attached hydrogens (tertiary/aromatic N) is 12. The molecule has 0 aliphatic heterocycles. The minimum atomic E-state index is -1.00. The topological polar surface area (TPSA) is 219 Å². The van der Waals surface area contributed by atoms with Crippen LogP contribution in [0.2, 0.25) is 0 Å². The zero-order valence-electron chi connectivity index (χ0n) is 43.6. The van der Waals surface area contributed by atoms with Crippen LogP contribution in [0.4, 0.5) is 0 Å². The summed E-state index contributed by atoms with van der Waals surface area (Å²) in [6.45, 7) is 17.2. The van der Waals surface area contributed by atoms with Gasteiger partial charge in [0, 0.05) is 16.7 Å². The van der Waals surface area contributed by atoms with Gasteiger partial charge >= 0.3 is 17.1 Å². The lowest BCUT2D eigenvalue weighted by Gasteiger charge is -2.22. The summed E-state index contributed by atoms with van der Waals surface area (Å²) in [4.78, 5) is 49.7. The van der Waals surface area contributed by atoms with Crippen molar-refractivity contribution < 1.29 is 15.3 Å². The minimum Gasteiger partial charge on any atom is -0.505 e. The molecule has 18 heteroatoms. The number of benzene rings is 6. The molecule has 0 unspecified atom stereocenters. The lowest BCUT2D eigenvalue weighted by Crippen LogP contribution is -2.54. The van der Waals surface area contributed by atoms with E-state index < -0.39 is 36.7 Å². The lowest BCUT2D eigenvalue weighted by atomic mass is 9.87. The first-order chi connectivity index (χ1) is 35.4. The van der Waals surface area contributed by atoms with Crippen LogP contribution in [0.25, 0.3) is 50.2 Å². The van der Waals surface area contributed by atoms with Crippen molar-refractivity contribution in [2.45, 2.75) is 101 Å². The molecule has 0 amide bonds. The van der Waals surface area contributed by atoms with E-state index in [1.807, 2.05) is 36.4 Å². The molecule has 4 heterocycles. The lowest BCUT2D eigenvalue weighted by molar-refractivity contribution is 0.408. The van der Waals surface area contributed by atoms with E-state index >= 15 is 14.4 Å². The van der Waals surface area contributed by atoms with Crippen LogP contribution in [-0.2, 0) is 38.9 Å². The Kier molecular flexibility index (Phi) is 12.4. The number of rotatable bonds is 12. The monoisotopic (exact) mass is 1010 g/mol. The van der Waals surface area contributed by atoms with E-state index in [2.05, 4.69) is 92.9 Å². The second-order valence-corrected chi connectivity index (χ2v) is 23.1. The summed E-state index contributed by atoms with van der Waals surface area (Å²) < 4.78 is 2.68. The Morgan fingerprint density at radius 3 is 0.773 bits per heavy atom. The largest absolute Gasteiger partial charge is 0.505 e. The third-order valence-electron chi connectivity index (χ3n) is 12.8. The van der Waals surface area contributed by atoms with Crippen molar-refractivity contribution in [1.29, 1.82) is 0 Å². The molecule has 0 bridgehead atoms. The Morgan fingerprint density at radius 2 is 0.573 bits per heavy atom. The fraction of sp³-hybridized carbons (Fsp3) is 0.316. The van der Waals surface area contributed by atoms with Crippen molar-refractivity contribution >= 4 is 33.1 Å². The molecule has 4 aromatic heterocycles. The Morgan fingerprint density at radius 1 is 0.360 bits per heavy atom. The van der Waals surface area contributed by atoms with Crippen LogP contribution in [0, 0.1) is 16.2 Å². The first kappa shape index (κ1) is 49.9. The van der Waals surface area contributed by atoms with Crippen LogP contribution in [0.5, 0.6) is 17.2 Å². The smallest absolute Gasteiger partial charge is 0.336 e. The van der Waals surface area contributed by atoms with Gasteiger partial charge in [0.2, 0.25) is 0 Å². The number of fused-ring (bicyclic) bond motifs is 3. The molecule has 3 N–H and O–H groups in total. The summed E-state index contributed by atoms with van der Waals surface area (Å²) in [6.07, 6.45) is 1.60. The highest BCUT2D eigenvalue weighted by Crippen LogP contribution is 2.35. The number of phenols is 3. The van der Waals surface area contributed by atoms with Gasteiger partial charge in [-0.25, -0.2) is 28.1 Å². The Bertz CT molecular complexity index is 3500. The van der Waals surface area contributed by atoms with E-state index in [0.29, 0.717) is 52.4 Å². The zero-order chi connectivity index (χ0) is 53.3. The number of aromatic nitrogens is 12. The van der Waals surface area contributed by atoms with Gasteiger partial charge < -0.3 is 15.3 Å². The number of aromatic hydroxyl groups is 3. The van der Waals surface area contributed by atoms with Crippen LogP contribution in [0.3, 0.4) is 0 Å². The van der Waals surface area contributed by atoms with Gasteiger partial charge in [-0.15, -0.1) is 45.0 Å². The van der Waals surface area contributed by atoms with Crippen LogP contribution in [-0.4, -0.2) is 74.0 Å².